The lowest BCUT2D eigenvalue weighted by molar-refractivity contribution is 0.174. The summed E-state index contributed by atoms with van der Waals surface area (Å²) in [7, 11) is -1.47. The maximum atomic E-state index is 11.5. The second-order valence-electron chi connectivity index (χ2n) is 6.29. The highest BCUT2D eigenvalue weighted by Gasteiger charge is 2.22. The third-order valence-corrected chi connectivity index (χ3v) is 5.77. The number of benzene rings is 1. The lowest BCUT2D eigenvalue weighted by Crippen LogP contribution is -2.48. The van der Waals surface area contributed by atoms with Gasteiger partial charge < -0.3 is 14.4 Å². The Morgan fingerprint density at radius 3 is 2.62 bits per heavy atom. The van der Waals surface area contributed by atoms with E-state index in [4.69, 9.17) is 9.47 Å². The van der Waals surface area contributed by atoms with E-state index in [1.54, 1.807) is 13.3 Å². The summed E-state index contributed by atoms with van der Waals surface area (Å²) < 4.78 is 35.9. The third-order valence-electron chi connectivity index (χ3n) is 4.47. The lowest BCUT2D eigenvalue weighted by Gasteiger charge is -2.33. The topological polar surface area (TPSA) is 84.9 Å². The molecule has 0 amide bonds. The third kappa shape index (κ3) is 4.60. The number of piperazine rings is 1. The van der Waals surface area contributed by atoms with Crippen molar-refractivity contribution >= 4 is 20.9 Å². The van der Waals surface area contributed by atoms with E-state index in [0.717, 1.165) is 37.0 Å². The molecule has 1 aromatic carbocycles. The average molecular weight is 380 g/mol. The molecule has 1 saturated heterocycles. The maximum Gasteiger partial charge on any atom is 0.211 e. The van der Waals surface area contributed by atoms with Gasteiger partial charge in [-0.15, -0.1) is 0 Å². The van der Waals surface area contributed by atoms with Crippen molar-refractivity contribution < 1.29 is 17.9 Å². The van der Waals surface area contributed by atoms with Crippen LogP contribution in [0, 0.1) is 0 Å². The quantitative estimate of drug-likeness (QED) is 0.662. The Balaban J connectivity index is 1.49. The fourth-order valence-electron chi connectivity index (χ4n) is 3.02. The number of nitrogens with zero attached hydrogens (tertiary/aromatic N) is 4. The van der Waals surface area contributed by atoms with Gasteiger partial charge in [0.15, 0.2) is 11.5 Å². The Bertz CT molecular complexity index is 851. The number of ether oxygens (including phenoxy) is 2. The summed E-state index contributed by atoms with van der Waals surface area (Å²) in [5.74, 6) is 1.33. The van der Waals surface area contributed by atoms with Gasteiger partial charge in [0, 0.05) is 50.4 Å². The molecule has 0 radical (unpaired) electrons. The molecule has 0 unspecified atom stereocenters. The van der Waals surface area contributed by atoms with Gasteiger partial charge in [-0.25, -0.2) is 18.4 Å². The molecule has 1 aliphatic rings. The van der Waals surface area contributed by atoms with Gasteiger partial charge >= 0.3 is 0 Å². The molecule has 9 heteroatoms. The summed E-state index contributed by atoms with van der Waals surface area (Å²) in [6.45, 7) is 4.04. The van der Waals surface area contributed by atoms with Crippen LogP contribution in [-0.2, 0) is 10.0 Å². The van der Waals surface area contributed by atoms with Crippen molar-refractivity contribution in [3.8, 4) is 11.5 Å². The van der Waals surface area contributed by atoms with Crippen LogP contribution in [0.5, 0.6) is 11.5 Å². The Morgan fingerprint density at radius 1 is 1.15 bits per heavy atom. The van der Waals surface area contributed by atoms with Crippen LogP contribution in [0.25, 0.3) is 10.9 Å². The van der Waals surface area contributed by atoms with Crippen LogP contribution in [0.15, 0.2) is 24.7 Å². The van der Waals surface area contributed by atoms with Crippen molar-refractivity contribution in [2.75, 3.05) is 52.7 Å². The summed E-state index contributed by atoms with van der Waals surface area (Å²) in [6, 6.07) is 3.73. The molecule has 1 aromatic heterocycles. The number of hydrogen-bond acceptors (Lipinski definition) is 7. The lowest BCUT2D eigenvalue weighted by atomic mass is 10.2. The normalized spacial score (nSPS) is 16.7. The molecule has 0 N–H and O–H groups in total. The highest BCUT2D eigenvalue weighted by molar-refractivity contribution is 7.88. The Hall–Kier alpha value is -1.97. The molecule has 1 aliphatic heterocycles. The van der Waals surface area contributed by atoms with E-state index >= 15 is 0 Å². The number of methoxy groups -OCH3 is 1. The van der Waals surface area contributed by atoms with Crippen molar-refractivity contribution in [1.82, 2.24) is 19.2 Å². The largest absolute Gasteiger partial charge is 0.493 e. The van der Waals surface area contributed by atoms with E-state index in [1.807, 2.05) is 12.1 Å². The number of hydrogen-bond donors (Lipinski definition) is 0. The first kappa shape index (κ1) is 18.8. The molecule has 0 saturated carbocycles. The highest BCUT2D eigenvalue weighted by atomic mass is 32.2. The molecule has 26 heavy (non-hydrogen) atoms. The number of rotatable bonds is 7. The Morgan fingerprint density at radius 2 is 1.92 bits per heavy atom. The van der Waals surface area contributed by atoms with Gasteiger partial charge in [-0.1, -0.05) is 0 Å². The average Bonchev–Trinajstić information content (AvgIpc) is 2.64. The molecular weight excluding hydrogens is 356 g/mol. The van der Waals surface area contributed by atoms with E-state index in [9.17, 15) is 8.42 Å². The van der Waals surface area contributed by atoms with Crippen LogP contribution >= 0.6 is 0 Å². The van der Waals surface area contributed by atoms with Crippen LogP contribution in [0.4, 0.5) is 0 Å². The second kappa shape index (κ2) is 8.15. The zero-order valence-electron chi connectivity index (χ0n) is 15.1. The van der Waals surface area contributed by atoms with Crippen LogP contribution in [0.1, 0.15) is 6.42 Å². The molecular formula is C17H24N4O4S. The van der Waals surface area contributed by atoms with E-state index < -0.39 is 10.0 Å². The second-order valence-corrected chi connectivity index (χ2v) is 8.27. The van der Waals surface area contributed by atoms with Crippen molar-refractivity contribution in [2.24, 2.45) is 0 Å². The van der Waals surface area contributed by atoms with E-state index in [0.29, 0.717) is 31.2 Å². The zero-order valence-corrected chi connectivity index (χ0v) is 15.9. The van der Waals surface area contributed by atoms with Gasteiger partial charge in [0.2, 0.25) is 10.0 Å². The van der Waals surface area contributed by atoms with E-state index in [-0.39, 0.29) is 0 Å². The zero-order chi connectivity index (χ0) is 18.6. The van der Waals surface area contributed by atoms with Crippen molar-refractivity contribution in [3.63, 3.8) is 0 Å². The van der Waals surface area contributed by atoms with Crippen LogP contribution in [0.2, 0.25) is 0 Å². The first-order valence-corrected chi connectivity index (χ1v) is 10.4. The first-order valence-electron chi connectivity index (χ1n) is 8.55. The summed E-state index contributed by atoms with van der Waals surface area (Å²) in [4.78, 5) is 10.5. The fraction of sp³-hybridized carbons (Fsp3) is 0.529. The summed E-state index contributed by atoms with van der Waals surface area (Å²) in [5.41, 5.74) is 0.813. The van der Waals surface area contributed by atoms with Gasteiger partial charge in [-0.05, 0) is 12.5 Å². The minimum Gasteiger partial charge on any atom is -0.493 e. The summed E-state index contributed by atoms with van der Waals surface area (Å²) >= 11 is 0. The maximum absolute atomic E-state index is 11.5. The number of fused-ring (bicyclic) bond motifs is 1. The predicted molar refractivity (Wildman–Crippen MR) is 99.1 cm³/mol. The molecule has 8 nitrogen and oxygen atoms in total. The van der Waals surface area contributed by atoms with Crippen molar-refractivity contribution in [3.05, 3.63) is 24.7 Å². The standard InChI is InChI=1S/C17H24N4O4S/c1-24-16-10-14-12-18-13-19-15(14)11-17(16)25-9-3-4-20-5-7-21(8-6-20)26(2,22)23/h10-13H,3-9H2,1-2H3. The van der Waals surface area contributed by atoms with Crippen LogP contribution in [0.3, 0.4) is 0 Å². The smallest absolute Gasteiger partial charge is 0.211 e. The van der Waals surface area contributed by atoms with Gasteiger partial charge in [-0.3, -0.25) is 0 Å². The molecule has 0 spiro atoms. The Labute approximate surface area is 153 Å². The Kier molecular flexibility index (Phi) is 5.90. The minimum absolute atomic E-state index is 0.553. The van der Waals surface area contributed by atoms with Crippen LogP contribution < -0.4 is 9.47 Å². The molecule has 142 valence electrons. The number of aromatic nitrogens is 2. The molecule has 0 atom stereocenters. The van der Waals surface area contributed by atoms with Crippen LogP contribution in [-0.4, -0.2) is 80.3 Å². The number of sulfonamides is 1. The van der Waals surface area contributed by atoms with Gasteiger partial charge in [-0.2, -0.15) is 4.31 Å². The molecule has 0 bridgehead atoms. The monoisotopic (exact) mass is 380 g/mol. The summed E-state index contributed by atoms with van der Waals surface area (Å²) in [6.07, 6.45) is 5.36. The van der Waals surface area contributed by atoms with Gasteiger partial charge in [0.1, 0.15) is 6.33 Å². The molecule has 3 rings (SSSR count). The van der Waals surface area contributed by atoms with E-state index in [2.05, 4.69) is 14.9 Å². The molecule has 1 fully saturated rings. The summed E-state index contributed by atoms with van der Waals surface area (Å²) in [5, 5.41) is 0.903. The van der Waals surface area contributed by atoms with Gasteiger partial charge in [0.25, 0.3) is 0 Å². The fourth-order valence-corrected chi connectivity index (χ4v) is 3.84. The van der Waals surface area contributed by atoms with Gasteiger partial charge in [0.05, 0.1) is 25.5 Å². The molecule has 0 aliphatic carbocycles. The molecule has 2 heterocycles. The minimum atomic E-state index is -3.08. The SMILES string of the molecule is COc1cc2cncnc2cc1OCCCN1CCN(S(C)(=O)=O)CC1. The highest BCUT2D eigenvalue weighted by Crippen LogP contribution is 2.31. The molecule has 2 aromatic rings. The first-order chi connectivity index (χ1) is 12.5. The predicted octanol–water partition coefficient (Wildman–Crippen LogP) is 0.985. The van der Waals surface area contributed by atoms with Crippen molar-refractivity contribution in [2.45, 2.75) is 6.42 Å². The van der Waals surface area contributed by atoms with E-state index in [1.165, 1.54) is 16.9 Å². The van der Waals surface area contributed by atoms with Crippen molar-refractivity contribution in [1.29, 1.82) is 0 Å².